The Balaban J connectivity index is 1.64. The second-order valence-electron chi connectivity index (χ2n) is 5.52. The van der Waals surface area contributed by atoms with E-state index in [0.29, 0.717) is 5.71 Å². The molecule has 0 atom stereocenters. The van der Waals surface area contributed by atoms with Crippen LogP contribution in [0.15, 0.2) is 29.6 Å². The van der Waals surface area contributed by atoms with Crippen molar-refractivity contribution in [2.24, 2.45) is 0 Å². The van der Waals surface area contributed by atoms with Crippen LogP contribution in [-0.4, -0.2) is 11.8 Å². The predicted octanol–water partition coefficient (Wildman–Crippen LogP) is 3.34. The second-order valence-corrected chi connectivity index (χ2v) is 6.52. The largest absolute Gasteiger partial charge is 0.380 e. The zero-order valence-electron chi connectivity index (χ0n) is 11.2. The minimum absolute atomic E-state index is 0.642. The molecule has 0 saturated heterocycles. The molecule has 0 unspecified atom stereocenters. The third kappa shape index (κ3) is 2.15. The molecule has 1 aromatic carbocycles. The van der Waals surface area contributed by atoms with E-state index in [9.17, 15) is 0 Å². The van der Waals surface area contributed by atoms with Gasteiger partial charge in [0, 0.05) is 34.3 Å². The summed E-state index contributed by atoms with van der Waals surface area (Å²) in [5.74, 6) is 0. The lowest BCUT2D eigenvalue weighted by molar-refractivity contribution is 0.688. The van der Waals surface area contributed by atoms with Gasteiger partial charge >= 0.3 is 0 Å². The van der Waals surface area contributed by atoms with Crippen LogP contribution in [0.4, 0.5) is 5.69 Å². The Morgan fingerprint density at radius 2 is 2.15 bits per heavy atom. The Bertz CT molecular complexity index is 670. The fourth-order valence-electron chi connectivity index (χ4n) is 2.64. The van der Waals surface area contributed by atoms with E-state index in [1.807, 2.05) is 0 Å². The molecule has 1 fully saturated rings. The summed E-state index contributed by atoms with van der Waals surface area (Å²) in [6.07, 6.45) is 2.63. The molecular formula is C16H17N3S. The van der Waals surface area contributed by atoms with Gasteiger partial charge in [-0.15, -0.1) is 11.3 Å². The molecule has 20 heavy (non-hydrogen) atoms. The molecular weight excluding hydrogens is 266 g/mol. The topological polar surface area (TPSA) is 47.9 Å². The number of fused-ring (bicyclic) bond motifs is 2. The molecule has 2 aromatic rings. The van der Waals surface area contributed by atoms with Crippen LogP contribution in [-0.2, 0) is 13.1 Å². The van der Waals surface area contributed by atoms with Crippen molar-refractivity contribution in [3.05, 3.63) is 51.2 Å². The number of anilines is 1. The van der Waals surface area contributed by atoms with Crippen LogP contribution in [0.25, 0.3) is 0 Å². The third-order valence-corrected chi connectivity index (χ3v) is 4.90. The molecule has 3 N–H and O–H groups in total. The lowest BCUT2D eigenvalue weighted by Crippen LogP contribution is -2.15. The van der Waals surface area contributed by atoms with E-state index >= 15 is 0 Å². The van der Waals surface area contributed by atoms with Crippen LogP contribution in [0, 0.1) is 5.41 Å². The predicted molar refractivity (Wildman–Crippen MR) is 83.9 cm³/mol. The maximum atomic E-state index is 8.41. The molecule has 1 saturated carbocycles. The van der Waals surface area contributed by atoms with Crippen molar-refractivity contribution < 1.29 is 0 Å². The Morgan fingerprint density at radius 1 is 1.25 bits per heavy atom. The summed E-state index contributed by atoms with van der Waals surface area (Å²) < 4.78 is 0. The molecule has 0 radical (unpaired) electrons. The molecule has 0 amide bonds. The van der Waals surface area contributed by atoms with Gasteiger partial charge in [0.25, 0.3) is 0 Å². The van der Waals surface area contributed by atoms with E-state index in [1.165, 1.54) is 23.3 Å². The first-order chi connectivity index (χ1) is 9.81. The smallest absolute Gasteiger partial charge is 0.0717 e. The number of hydrogen-bond acceptors (Lipinski definition) is 4. The van der Waals surface area contributed by atoms with Gasteiger partial charge in [-0.05, 0) is 35.9 Å². The standard InChI is InChI=1S/C16H17N3S/c17-16-12-4-1-10(8-18-11-2-3-11)7-14(12)19-9-15-13(16)5-6-20-15/h1,4-7,11,17-19H,2-3,8-9H2. The number of hydrogen-bond donors (Lipinski definition) is 3. The first-order valence-electron chi connectivity index (χ1n) is 7.07. The van der Waals surface area contributed by atoms with Gasteiger partial charge in [-0.3, -0.25) is 5.41 Å². The Labute approximate surface area is 122 Å². The Kier molecular flexibility index (Phi) is 2.86. The fourth-order valence-corrected chi connectivity index (χ4v) is 3.46. The van der Waals surface area contributed by atoms with Crippen molar-refractivity contribution >= 4 is 22.7 Å². The van der Waals surface area contributed by atoms with Crippen LogP contribution in [0.1, 0.15) is 34.4 Å². The van der Waals surface area contributed by atoms with Crippen molar-refractivity contribution in [2.75, 3.05) is 5.32 Å². The first kappa shape index (κ1) is 12.1. The van der Waals surface area contributed by atoms with Crippen molar-refractivity contribution in [1.29, 1.82) is 5.41 Å². The summed E-state index contributed by atoms with van der Waals surface area (Å²) in [4.78, 5) is 1.25. The minimum Gasteiger partial charge on any atom is -0.380 e. The molecule has 4 rings (SSSR count). The van der Waals surface area contributed by atoms with E-state index in [1.54, 1.807) is 11.3 Å². The zero-order chi connectivity index (χ0) is 13.5. The van der Waals surface area contributed by atoms with E-state index in [4.69, 9.17) is 5.41 Å². The average Bonchev–Trinajstić information content (AvgIpc) is 3.20. The second kappa shape index (κ2) is 4.72. The maximum absolute atomic E-state index is 8.41. The maximum Gasteiger partial charge on any atom is 0.0717 e. The van der Waals surface area contributed by atoms with Crippen molar-refractivity contribution in [3.8, 4) is 0 Å². The summed E-state index contributed by atoms with van der Waals surface area (Å²) in [6, 6.07) is 9.20. The molecule has 1 aliphatic carbocycles. The highest BCUT2D eigenvalue weighted by molar-refractivity contribution is 7.10. The monoisotopic (exact) mass is 283 g/mol. The lowest BCUT2D eigenvalue weighted by atomic mass is 10.0. The van der Waals surface area contributed by atoms with Gasteiger partial charge in [-0.2, -0.15) is 0 Å². The van der Waals surface area contributed by atoms with Gasteiger partial charge in [-0.25, -0.2) is 0 Å². The van der Waals surface area contributed by atoms with Crippen LogP contribution in [0.3, 0.4) is 0 Å². The van der Waals surface area contributed by atoms with Gasteiger partial charge in [0.1, 0.15) is 0 Å². The fraction of sp³-hybridized carbons (Fsp3) is 0.312. The third-order valence-electron chi connectivity index (χ3n) is 3.98. The van der Waals surface area contributed by atoms with Gasteiger partial charge in [0.2, 0.25) is 0 Å². The SMILES string of the molecule is N=C1c2ccc(CNC3CC3)cc2NCc2sccc21. The number of thiophene rings is 1. The van der Waals surface area contributed by atoms with Gasteiger partial charge < -0.3 is 10.6 Å². The summed E-state index contributed by atoms with van der Waals surface area (Å²) in [5, 5.41) is 17.5. The highest BCUT2D eigenvalue weighted by Crippen LogP contribution is 2.30. The van der Waals surface area contributed by atoms with Crippen LogP contribution < -0.4 is 10.6 Å². The van der Waals surface area contributed by atoms with E-state index in [0.717, 1.165) is 35.9 Å². The highest BCUT2D eigenvalue weighted by Gasteiger charge is 2.21. The van der Waals surface area contributed by atoms with Gasteiger partial charge in [-0.1, -0.05) is 12.1 Å². The normalized spacial score (nSPS) is 17.1. The average molecular weight is 283 g/mol. The quantitative estimate of drug-likeness (QED) is 0.809. The zero-order valence-corrected chi connectivity index (χ0v) is 12.0. The molecule has 1 aliphatic heterocycles. The Morgan fingerprint density at radius 3 is 3.00 bits per heavy atom. The summed E-state index contributed by atoms with van der Waals surface area (Å²) in [7, 11) is 0. The molecule has 1 aromatic heterocycles. The van der Waals surface area contributed by atoms with Crippen molar-refractivity contribution in [2.45, 2.75) is 32.0 Å². The van der Waals surface area contributed by atoms with Crippen molar-refractivity contribution in [1.82, 2.24) is 5.32 Å². The van der Waals surface area contributed by atoms with E-state index < -0.39 is 0 Å². The van der Waals surface area contributed by atoms with Crippen LogP contribution >= 0.6 is 11.3 Å². The van der Waals surface area contributed by atoms with Crippen LogP contribution in [0.2, 0.25) is 0 Å². The summed E-state index contributed by atoms with van der Waals surface area (Å²) in [5.41, 5.74) is 5.11. The molecule has 0 bridgehead atoms. The number of benzene rings is 1. The highest BCUT2D eigenvalue weighted by atomic mass is 32.1. The van der Waals surface area contributed by atoms with Crippen molar-refractivity contribution in [3.63, 3.8) is 0 Å². The summed E-state index contributed by atoms with van der Waals surface area (Å²) in [6.45, 7) is 1.75. The Hall–Kier alpha value is -1.65. The minimum atomic E-state index is 0.642. The molecule has 0 spiro atoms. The first-order valence-corrected chi connectivity index (χ1v) is 7.95. The molecule has 102 valence electrons. The van der Waals surface area contributed by atoms with Gasteiger partial charge in [0.05, 0.1) is 12.3 Å². The molecule has 4 heteroatoms. The molecule has 2 heterocycles. The molecule has 2 aliphatic rings. The molecule has 3 nitrogen and oxygen atoms in total. The van der Waals surface area contributed by atoms with Gasteiger partial charge in [0.15, 0.2) is 0 Å². The van der Waals surface area contributed by atoms with Crippen LogP contribution in [0.5, 0.6) is 0 Å². The lowest BCUT2D eigenvalue weighted by Gasteiger charge is -2.11. The summed E-state index contributed by atoms with van der Waals surface area (Å²) >= 11 is 1.72. The van der Waals surface area contributed by atoms with E-state index in [-0.39, 0.29) is 0 Å². The number of rotatable bonds is 3. The van der Waals surface area contributed by atoms with E-state index in [2.05, 4.69) is 40.3 Å². The number of nitrogens with one attached hydrogen (secondary N) is 3.